The number of methoxy groups -OCH3 is 1. The fourth-order valence-corrected chi connectivity index (χ4v) is 2.16. The van der Waals surface area contributed by atoms with Crippen molar-refractivity contribution in [2.45, 2.75) is 6.92 Å². The Bertz CT molecular complexity index is 632. The molecule has 0 spiro atoms. The molecule has 0 aliphatic heterocycles. The first-order valence-corrected chi connectivity index (χ1v) is 7.73. The van der Waals surface area contributed by atoms with E-state index in [1.807, 2.05) is 55.5 Å². The number of halogens is 1. The monoisotopic (exact) mass is 349 g/mol. The van der Waals surface area contributed by atoms with Gasteiger partial charge < -0.3 is 20.7 Å². The Morgan fingerprint density at radius 2 is 1.75 bits per heavy atom. The predicted octanol–water partition coefficient (Wildman–Crippen LogP) is 3.20. The molecule has 0 aliphatic carbocycles. The van der Waals surface area contributed by atoms with Crippen LogP contribution in [0, 0.1) is 0 Å². The smallest absolute Gasteiger partial charge is 0.253 e. The maximum absolute atomic E-state index is 12.3. The molecule has 0 heterocycles. The van der Waals surface area contributed by atoms with Gasteiger partial charge in [-0.1, -0.05) is 19.1 Å². The van der Waals surface area contributed by atoms with Gasteiger partial charge in [-0.3, -0.25) is 4.79 Å². The van der Waals surface area contributed by atoms with E-state index in [1.165, 1.54) is 0 Å². The average molecular weight is 350 g/mol. The molecule has 5 nitrogen and oxygen atoms in total. The van der Waals surface area contributed by atoms with Crippen LogP contribution in [-0.2, 0) is 0 Å². The van der Waals surface area contributed by atoms with Crippen molar-refractivity contribution in [3.63, 3.8) is 0 Å². The SMILES string of the molecule is CCNCCNC(=O)c1ccccc1Nc1ccc(OC)cc1.Cl. The highest BCUT2D eigenvalue weighted by molar-refractivity contribution is 6.00. The highest BCUT2D eigenvalue weighted by atomic mass is 35.5. The Balaban J connectivity index is 0.00000288. The standard InChI is InChI=1S/C18H23N3O2.ClH/c1-3-19-12-13-20-18(22)16-6-4-5-7-17(16)21-14-8-10-15(23-2)11-9-14;/h4-11,19,21H,3,12-13H2,1-2H3,(H,20,22);1H. The van der Waals surface area contributed by atoms with Gasteiger partial charge in [0.15, 0.2) is 0 Å². The van der Waals surface area contributed by atoms with Crippen LogP contribution in [0.5, 0.6) is 5.75 Å². The quantitative estimate of drug-likeness (QED) is 0.640. The van der Waals surface area contributed by atoms with E-state index in [9.17, 15) is 4.79 Å². The summed E-state index contributed by atoms with van der Waals surface area (Å²) in [6, 6.07) is 15.1. The normalized spacial score (nSPS) is 9.75. The molecule has 0 radical (unpaired) electrons. The number of rotatable bonds is 8. The minimum absolute atomic E-state index is 0. The zero-order valence-corrected chi connectivity index (χ0v) is 14.8. The summed E-state index contributed by atoms with van der Waals surface area (Å²) in [5.41, 5.74) is 2.30. The van der Waals surface area contributed by atoms with Gasteiger partial charge in [-0.25, -0.2) is 0 Å². The van der Waals surface area contributed by atoms with Crippen molar-refractivity contribution in [2.75, 3.05) is 32.1 Å². The number of carbonyl (C=O) groups excluding carboxylic acids is 1. The van der Waals surface area contributed by atoms with E-state index < -0.39 is 0 Å². The number of amides is 1. The second-order valence-corrected chi connectivity index (χ2v) is 5.01. The van der Waals surface area contributed by atoms with E-state index in [1.54, 1.807) is 7.11 Å². The fraction of sp³-hybridized carbons (Fsp3) is 0.278. The van der Waals surface area contributed by atoms with Gasteiger partial charge in [0, 0.05) is 18.8 Å². The van der Waals surface area contributed by atoms with Crippen LogP contribution in [0.1, 0.15) is 17.3 Å². The Kier molecular flexibility index (Phi) is 8.68. The molecule has 0 atom stereocenters. The lowest BCUT2D eigenvalue weighted by atomic mass is 10.1. The summed E-state index contributed by atoms with van der Waals surface area (Å²) in [5.74, 6) is 0.713. The van der Waals surface area contributed by atoms with E-state index in [0.717, 1.165) is 30.2 Å². The van der Waals surface area contributed by atoms with Gasteiger partial charge in [0.1, 0.15) is 5.75 Å². The van der Waals surface area contributed by atoms with Crippen LogP contribution in [0.15, 0.2) is 48.5 Å². The summed E-state index contributed by atoms with van der Waals surface area (Å²) < 4.78 is 5.15. The zero-order valence-electron chi connectivity index (χ0n) is 14.0. The number of para-hydroxylation sites is 1. The van der Waals surface area contributed by atoms with Crippen LogP contribution >= 0.6 is 12.4 Å². The van der Waals surface area contributed by atoms with Crippen molar-refractivity contribution in [1.82, 2.24) is 10.6 Å². The third-order valence-corrected chi connectivity index (χ3v) is 3.38. The molecule has 2 rings (SSSR count). The Morgan fingerprint density at radius 3 is 2.42 bits per heavy atom. The number of carbonyl (C=O) groups is 1. The molecule has 2 aromatic carbocycles. The molecule has 3 N–H and O–H groups in total. The number of ether oxygens (including phenoxy) is 1. The van der Waals surface area contributed by atoms with Crippen molar-refractivity contribution < 1.29 is 9.53 Å². The van der Waals surface area contributed by atoms with Crippen molar-refractivity contribution in [3.8, 4) is 5.75 Å². The number of benzene rings is 2. The molecular weight excluding hydrogens is 326 g/mol. The molecule has 0 unspecified atom stereocenters. The molecular formula is C18H24ClN3O2. The lowest BCUT2D eigenvalue weighted by Gasteiger charge is -2.13. The lowest BCUT2D eigenvalue weighted by Crippen LogP contribution is -2.32. The summed E-state index contributed by atoms with van der Waals surface area (Å²) in [4.78, 5) is 12.3. The second kappa shape index (κ2) is 10.5. The third kappa shape index (κ3) is 5.76. The van der Waals surface area contributed by atoms with Gasteiger partial charge >= 0.3 is 0 Å². The Hall–Kier alpha value is -2.24. The molecule has 24 heavy (non-hydrogen) atoms. The third-order valence-electron chi connectivity index (χ3n) is 3.38. The second-order valence-electron chi connectivity index (χ2n) is 5.01. The molecule has 1 amide bonds. The van der Waals surface area contributed by atoms with Gasteiger partial charge in [0.2, 0.25) is 0 Å². The van der Waals surface area contributed by atoms with Crippen LogP contribution in [0.25, 0.3) is 0 Å². The number of hydrogen-bond acceptors (Lipinski definition) is 4. The van der Waals surface area contributed by atoms with Crippen molar-refractivity contribution >= 4 is 29.7 Å². The Morgan fingerprint density at radius 1 is 1.04 bits per heavy atom. The first-order valence-electron chi connectivity index (χ1n) is 7.73. The minimum atomic E-state index is -0.0838. The van der Waals surface area contributed by atoms with E-state index in [2.05, 4.69) is 16.0 Å². The molecule has 6 heteroatoms. The van der Waals surface area contributed by atoms with E-state index in [0.29, 0.717) is 12.1 Å². The highest BCUT2D eigenvalue weighted by Gasteiger charge is 2.10. The predicted molar refractivity (Wildman–Crippen MR) is 101 cm³/mol. The van der Waals surface area contributed by atoms with Gasteiger partial charge in [-0.2, -0.15) is 0 Å². The number of nitrogens with one attached hydrogen (secondary N) is 3. The molecule has 0 bridgehead atoms. The molecule has 0 aliphatic rings. The van der Waals surface area contributed by atoms with E-state index in [4.69, 9.17) is 4.74 Å². The number of likely N-dealkylation sites (N-methyl/N-ethyl adjacent to an activating group) is 1. The summed E-state index contributed by atoms with van der Waals surface area (Å²) in [5, 5.41) is 9.37. The largest absolute Gasteiger partial charge is 0.497 e. The molecule has 0 aromatic heterocycles. The van der Waals surface area contributed by atoms with Gasteiger partial charge in [0.05, 0.1) is 18.4 Å². The van der Waals surface area contributed by atoms with Crippen molar-refractivity contribution in [3.05, 3.63) is 54.1 Å². The first kappa shape index (κ1) is 19.8. The molecule has 0 fully saturated rings. The summed E-state index contributed by atoms with van der Waals surface area (Å²) in [6.07, 6.45) is 0. The van der Waals surface area contributed by atoms with Gasteiger partial charge in [-0.15, -0.1) is 12.4 Å². The number of hydrogen-bond donors (Lipinski definition) is 3. The van der Waals surface area contributed by atoms with Crippen molar-refractivity contribution in [1.29, 1.82) is 0 Å². The molecule has 0 saturated heterocycles. The maximum atomic E-state index is 12.3. The summed E-state index contributed by atoms with van der Waals surface area (Å²) >= 11 is 0. The van der Waals surface area contributed by atoms with Crippen LogP contribution in [0.2, 0.25) is 0 Å². The Labute approximate surface area is 149 Å². The summed E-state index contributed by atoms with van der Waals surface area (Å²) in [6.45, 7) is 4.29. The van der Waals surface area contributed by atoms with Crippen LogP contribution in [0.4, 0.5) is 11.4 Å². The van der Waals surface area contributed by atoms with Crippen LogP contribution < -0.4 is 20.7 Å². The van der Waals surface area contributed by atoms with Crippen molar-refractivity contribution in [2.24, 2.45) is 0 Å². The first-order chi connectivity index (χ1) is 11.2. The maximum Gasteiger partial charge on any atom is 0.253 e. The highest BCUT2D eigenvalue weighted by Crippen LogP contribution is 2.22. The lowest BCUT2D eigenvalue weighted by molar-refractivity contribution is 0.0955. The topological polar surface area (TPSA) is 62.4 Å². The van der Waals surface area contributed by atoms with Crippen LogP contribution in [0.3, 0.4) is 0 Å². The molecule has 130 valence electrons. The minimum Gasteiger partial charge on any atom is -0.497 e. The number of anilines is 2. The fourth-order valence-electron chi connectivity index (χ4n) is 2.16. The summed E-state index contributed by atoms with van der Waals surface area (Å²) in [7, 11) is 1.63. The van der Waals surface area contributed by atoms with E-state index in [-0.39, 0.29) is 18.3 Å². The molecule has 0 saturated carbocycles. The zero-order chi connectivity index (χ0) is 16.5. The van der Waals surface area contributed by atoms with Gasteiger partial charge in [-0.05, 0) is 42.9 Å². The van der Waals surface area contributed by atoms with Gasteiger partial charge in [0.25, 0.3) is 5.91 Å². The van der Waals surface area contributed by atoms with Crippen LogP contribution in [-0.4, -0.2) is 32.7 Å². The van der Waals surface area contributed by atoms with E-state index >= 15 is 0 Å². The average Bonchev–Trinajstić information content (AvgIpc) is 2.60. The molecule has 2 aromatic rings.